The van der Waals surface area contributed by atoms with Crippen molar-refractivity contribution >= 4 is 40.9 Å². The van der Waals surface area contributed by atoms with E-state index in [9.17, 15) is 14.7 Å². The summed E-state index contributed by atoms with van der Waals surface area (Å²) < 4.78 is 5.81. The zero-order chi connectivity index (χ0) is 20.6. The number of thioether (sulfide) groups is 1. The van der Waals surface area contributed by atoms with Crippen molar-refractivity contribution in [3.05, 3.63) is 83.0 Å². The number of pyridine rings is 1. The third kappa shape index (κ3) is 7.38. The molecule has 30 heavy (non-hydrogen) atoms. The van der Waals surface area contributed by atoms with Gasteiger partial charge in [0.15, 0.2) is 0 Å². The predicted octanol–water partition coefficient (Wildman–Crippen LogP) is 0.412. The van der Waals surface area contributed by atoms with Gasteiger partial charge in [0.25, 0.3) is 0 Å². The first-order chi connectivity index (χ1) is 14.0. The van der Waals surface area contributed by atoms with Crippen LogP contribution in [0, 0.1) is 0 Å². The van der Waals surface area contributed by atoms with Crippen LogP contribution in [0.4, 0.5) is 5.69 Å². The van der Waals surface area contributed by atoms with E-state index < -0.39 is 5.97 Å². The quantitative estimate of drug-likeness (QED) is 0.382. The van der Waals surface area contributed by atoms with E-state index in [1.165, 1.54) is 18.3 Å². The average Bonchev–Trinajstić information content (AvgIpc) is 2.72. The third-order valence-electron chi connectivity index (χ3n) is 3.78. The molecule has 0 saturated heterocycles. The standard InChI is InChI=1S/C21H17ClN2O4S.K/c22-15-8-9-18(28-12-14-5-2-1-3-6-14)17(11-15)24-19(25)13-29-20-16(21(26)27)7-4-10-23-20;/h1-11H,12-13H2,(H,24,25)(H,26,27);/q;+1/p-1. The molecule has 0 radical (unpaired) electrons. The normalized spacial score (nSPS) is 10.0. The van der Waals surface area contributed by atoms with Gasteiger partial charge in [0.05, 0.1) is 17.4 Å². The number of amides is 1. The molecule has 0 fully saturated rings. The number of hydrogen-bond donors (Lipinski definition) is 1. The van der Waals surface area contributed by atoms with Gasteiger partial charge in [-0.05, 0) is 35.9 Å². The molecule has 0 saturated carbocycles. The Morgan fingerprint density at radius 2 is 1.87 bits per heavy atom. The van der Waals surface area contributed by atoms with Gasteiger partial charge in [-0.2, -0.15) is 0 Å². The number of carbonyl (C=O) groups is 2. The number of nitrogens with one attached hydrogen (secondary N) is 1. The molecule has 1 N–H and O–H groups in total. The first-order valence-electron chi connectivity index (χ1n) is 8.58. The number of aromatic nitrogens is 1. The predicted molar refractivity (Wildman–Crippen MR) is 110 cm³/mol. The second kappa shape index (κ2) is 12.5. The number of aromatic carboxylic acids is 1. The molecular weight excluding hydrogens is 451 g/mol. The molecule has 1 amide bonds. The minimum absolute atomic E-state index is 0. The van der Waals surface area contributed by atoms with Crippen molar-refractivity contribution in [2.75, 3.05) is 11.1 Å². The van der Waals surface area contributed by atoms with E-state index in [-0.39, 0.29) is 73.6 Å². The van der Waals surface area contributed by atoms with Gasteiger partial charge in [-0.25, -0.2) is 4.98 Å². The molecule has 0 atom stereocenters. The van der Waals surface area contributed by atoms with Crippen molar-refractivity contribution in [3.8, 4) is 5.75 Å². The number of carboxylic acids is 1. The molecule has 0 aliphatic rings. The molecule has 0 bridgehead atoms. The Morgan fingerprint density at radius 1 is 1.10 bits per heavy atom. The summed E-state index contributed by atoms with van der Waals surface area (Å²) in [5, 5.41) is 14.5. The number of carboxylic acid groups (broad SMARTS) is 1. The van der Waals surface area contributed by atoms with Gasteiger partial charge in [-0.15, -0.1) is 0 Å². The number of halogens is 1. The van der Waals surface area contributed by atoms with Crippen LogP contribution in [0.5, 0.6) is 5.75 Å². The first kappa shape index (κ1) is 24.9. The summed E-state index contributed by atoms with van der Waals surface area (Å²) in [6.45, 7) is 0.336. The topological polar surface area (TPSA) is 91.4 Å². The molecule has 6 nitrogen and oxygen atoms in total. The van der Waals surface area contributed by atoms with Crippen LogP contribution in [0.2, 0.25) is 5.02 Å². The van der Waals surface area contributed by atoms with Crippen LogP contribution in [-0.4, -0.2) is 22.6 Å². The average molecular weight is 467 g/mol. The van der Waals surface area contributed by atoms with E-state index in [2.05, 4.69) is 10.3 Å². The molecule has 1 heterocycles. The minimum Gasteiger partial charge on any atom is -0.545 e. The zero-order valence-electron chi connectivity index (χ0n) is 16.1. The summed E-state index contributed by atoms with van der Waals surface area (Å²) in [5.74, 6) is -1.25. The van der Waals surface area contributed by atoms with E-state index >= 15 is 0 Å². The second-order valence-corrected chi connectivity index (χ2v) is 7.30. The summed E-state index contributed by atoms with van der Waals surface area (Å²) >= 11 is 7.06. The Bertz CT molecular complexity index is 1020. The van der Waals surface area contributed by atoms with Crippen molar-refractivity contribution in [2.24, 2.45) is 0 Å². The molecular formula is C21H16ClKN2O4S. The molecule has 148 valence electrons. The Balaban J connectivity index is 0.00000320. The van der Waals surface area contributed by atoms with Crippen molar-refractivity contribution in [3.63, 3.8) is 0 Å². The van der Waals surface area contributed by atoms with Crippen molar-refractivity contribution in [1.82, 2.24) is 4.98 Å². The molecule has 1 aromatic heterocycles. The van der Waals surface area contributed by atoms with Crippen LogP contribution in [0.3, 0.4) is 0 Å². The molecule has 9 heteroatoms. The van der Waals surface area contributed by atoms with Gasteiger partial charge in [0.2, 0.25) is 5.91 Å². The van der Waals surface area contributed by atoms with Gasteiger partial charge >= 0.3 is 51.4 Å². The first-order valence-corrected chi connectivity index (χ1v) is 9.94. The maximum atomic E-state index is 12.4. The van der Waals surface area contributed by atoms with Crippen molar-refractivity contribution in [2.45, 2.75) is 11.6 Å². The second-order valence-electron chi connectivity index (χ2n) is 5.90. The van der Waals surface area contributed by atoms with E-state index in [0.29, 0.717) is 23.1 Å². The fourth-order valence-electron chi connectivity index (χ4n) is 2.44. The van der Waals surface area contributed by atoms with Gasteiger partial charge in [0.1, 0.15) is 17.4 Å². The molecule has 0 spiro atoms. The van der Waals surface area contributed by atoms with E-state index in [1.54, 1.807) is 18.2 Å². The van der Waals surface area contributed by atoms with Crippen LogP contribution < -0.4 is 66.5 Å². The molecule has 0 unspecified atom stereocenters. The summed E-state index contributed by atoms with van der Waals surface area (Å²) in [5.41, 5.74) is 1.36. The van der Waals surface area contributed by atoms with E-state index in [1.807, 2.05) is 30.3 Å². The number of carbonyl (C=O) groups excluding carboxylic acids is 2. The fraction of sp³-hybridized carbons (Fsp3) is 0.0952. The van der Waals surface area contributed by atoms with Crippen LogP contribution in [0.25, 0.3) is 0 Å². The monoisotopic (exact) mass is 466 g/mol. The van der Waals surface area contributed by atoms with Crippen molar-refractivity contribution < 1.29 is 70.8 Å². The number of anilines is 1. The summed E-state index contributed by atoms with van der Waals surface area (Å²) in [7, 11) is 0. The van der Waals surface area contributed by atoms with E-state index in [0.717, 1.165) is 17.3 Å². The number of ether oxygens (including phenoxy) is 1. The van der Waals surface area contributed by atoms with Crippen LogP contribution in [0.1, 0.15) is 15.9 Å². The number of benzene rings is 2. The van der Waals surface area contributed by atoms with Gasteiger partial charge < -0.3 is 20.0 Å². The van der Waals surface area contributed by atoms with Crippen LogP contribution in [-0.2, 0) is 11.4 Å². The Labute approximate surface area is 225 Å². The van der Waals surface area contributed by atoms with Crippen LogP contribution >= 0.6 is 23.4 Å². The molecule has 3 rings (SSSR count). The Morgan fingerprint density at radius 3 is 2.60 bits per heavy atom. The zero-order valence-corrected chi connectivity index (χ0v) is 20.8. The SMILES string of the molecule is O=C(CSc1ncccc1C(=O)[O-])Nc1cc(Cl)ccc1OCc1ccccc1.[K+]. The van der Waals surface area contributed by atoms with Crippen LogP contribution in [0.15, 0.2) is 71.9 Å². The maximum absolute atomic E-state index is 12.4. The molecule has 0 aliphatic carbocycles. The van der Waals surface area contributed by atoms with Gasteiger partial charge in [-0.1, -0.05) is 53.7 Å². The Kier molecular flexibility index (Phi) is 10.3. The van der Waals surface area contributed by atoms with Crippen molar-refractivity contribution in [1.29, 1.82) is 0 Å². The fourth-order valence-corrected chi connectivity index (χ4v) is 3.40. The third-order valence-corrected chi connectivity index (χ3v) is 5.02. The maximum Gasteiger partial charge on any atom is 1.00 e. The van der Waals surface area contributed by atoms with Gasteiger partial charge in [-0.3, -0.25) is 4.79 Å². The summed E-state index contributed by atoms with van der Waals surface area (Å²) in [6.07, 6.45) is 1.46. The molecule has 2 aromatic carbocycles. The number of nitrogens with zero attached hydrogens (tertiary/aromatic N) is 1. The number of rotatable bonds is 8. The Hall–Kier alpha value is -1.39. The largest absolute Gasteiger partial charge is 1.00 e. The molecule has 3 aromatic rings. The summed E-state index contributed by atoms with van der Waals surface area (Å²) in [4.78, 5) is 27.5. The smallest absolute Gasteiger partial charge is 0.545 e. The van der Waals surface area contributed by atoms with E-state index in [4.69, 9.17) is 16.3 Å². The minimum atomic E-state index is -1.34. The molecule has 0 aliphatic heterocycles. The van der Waals surface area contributed by atoms with Gasteiger partial charge in [0, 0.05) is 16.8 Å². The number of hydrogen-bond acceptors (Lipinski definition) is 6. The summed E-state index contributed by atoms with van der Waals surface area (Å²) in [6, 6.07) is 17.5.